The Morgan fingerprint density at radius 1 is 1.32 bits per heavy atom. The molecule has 2 fully saturated rings. The zero-order chi connectivity index (χ0) is 18.2. The van der Waals surface area contributed by atoms with Gasteiger partial charge >= 0.3 is 0 Å². The van der Waals surface area contributed by atoms with Crippen LogP contribution in [-0.4, -0.2) is 99.2 Å². The Morgan fingerprint density at radius 3 is 2.68 bits per heavy atom. The molecular formula is C18H35N5O2. The van der Waals surface area contributed by atoms with E-state index in [1.54, 1.807) is 19.0 Å². The van der Waals surface area contributed by atoms with Crippen LogP contribution < -0.4 is 5.32 Å². The molecule has 0 saturated carbocycles. The molecule has 0 aliphatic carbocycles. The van der Waals surface area contributed by atoms with Gasteiger partial charge in [-0.3, -0.25) is 9.69 Å². The van der Waals surface area contributed by atoms with E-state index in [9.17, 15) is 4.79 Å². The number of morpholine rings is 1. The molecule has 0 radical (unpaired) electrons. The quantitative estimate of drug-likeness (QED) is 0.556. The molecule has 2 rings (SSSR count). The first-order chi connectivity index (χ1) is 12.0. The lowest BCUT2D eigenvalue weighted by molar-refractivity contribution is -0.127. The Hall–Kier alpha value is -1.34. The molecule has 7 heteroatoms. The summed E-state index contributed by atoms with van der Waals surface area (Å²) in [7, 11) is 3.54. The van der Waals surface area contributed by atoms with Crippen LogP contribution in [0.1, 0.15) is 26.7 Å². The van der Waals surface area contributed by atoms with Crippen molar-refractivity contribution in [1.82, 2.24) is 20.0 Å². The maximum Gasteiger partial charge on any atom is 0.243 e. The van der Waals surface area contributed by atoms with Crippen LogP contribution in [0, 0.1) is 5.92 Å². The van der Waals surface area contributed by atoms with Gasteiger partial charge in [0.2, 0.25) is 5.91 Å². The summed E-state index contributed by atoms with van der Waals surface area (Å²) in [6.07, 6.45) is 2.21. The van der Waals surface area contributed by atoms with Gasteiger partial charge in [0.15, 0.2) is 5.96 Å². The molecule has 2 unspecified atom stereocenters. The normalized spacial score (nSPS) is 23.6. The molecule has 0 spiro atoms. The molecule has 1 amide bonds. The van der Waals surface area contributed by atoms with Gasteiger partial charge in [-0.2, -0.15) is 0 Å². The Balaban J connectivity index is 1.92. The van der Waals surface area contributed by atoms with E-state index < -0.39 is 0 Å². The summed E-state index contributed by atoms with van der Waals surface area (Å²) in [6.45, 7) is 11.5. The first kappa shape index (κ1) is 20.0. The van der Waals surface area contributed by atoms with E-state index in [4.69, 9.17) is 4.74 Å². The monoisotopic (exact) mass is 353 g/mol. The number of aliphatic imine (C=N–C) groups is 1. The van der Waals surface area contributed by atoms with Crippen LogP contribution in [-0.2, 0) is 9.53 Å². The van der Waals surface area contributed by atoms with Gasteiger partial charge in [0.1, 0.15) is 6.54 Å². The number of amides is 1. The topological polar surface area (TPSA) is 60.4 Å². The lowest BCUT2D eigenvalue weighted by atomic mass is 10.1. The summed E-state index contributed by atoms with van der Waals surface area (Å²) < 4.78 is 5.44. The maximum absolute atomic E-state index is 11.9. The molecule has 2 aliphatic heterocycles. The van der Waals surface area contributed by atoms with Crippen molar-refractivity contribution in [2.45, 2.75) is 32.7 Å². The van der Waals surface area contributed by atoms with Crippen LogP contribution >= 0.6 is 0 Å². The van der Waals surface area contributed by atoms with Crippen molar-refractivity contribution in [2.75, 3.05) is 66.6 Å². The van der Waals surface area contributed by atoms with Crippen molar-refractivity contribution in [3.63, 3.8) is 0 Å². The van der Waals surface area contributed by atoms with Gasteiger partial charge in [0.05, 0.1) is 13.2 Å². The van der Waals surface area contributed by atoms with E-state index >= 15 is 0 Å². The van der Waals surface area contributed by atoms with Crippen LogP contribution in [0.2, 0.25) is 0 Å². The molecule has 25 heavy (non-hydrogen) atoms. The summed E-state index contributed by atoms with van der Waals surface area (Å²) in [4.78, 5) is 22.9. The Morgan fingerprint density at radius 2 is 2.04 bits per heavy atom. The van der Waals surface area contributed by atoms with Gasteiger partial charge < -0.3 is 19.9 Å². The zero-order valence-corrected chi connectivity index (χ0v) is 16.3. The maximum atomic E-state index is 11.9. The highest BCUT2D eigenvalue weighted by Gasteiger charge is 2.27. The smallest absolute Gasteiger partial charge is 0.243 e. The third kappa shape index (κ3) is 6.47. The Bertz CT molecular complexity index is 449. The standard InChI is InChI=1S/C18H35N5O2/c1-5-15(2)20-18(19-12-17(24)21(3)4)23-7-6-16(14-23)13-22-8-10-25-11-9-22/h15-16H,5-14H2,1-4H3,(H,19,20). The van der Waals surface area contributed by atoms with Crippen LogP contribution in [0.15, 0.2) is 4.99 Å². The first-order valence-corrected chi connectivity index (χ1v) is 9.55. The van der Waals surface area contributed by atoms with E-state index in [-0.39, 0.29) is 12.5 Å². The number of carbonyl (C=O) groups is 1. The summed E-state index contributed by atoms with van der Waals surface area (Å²) in [5.74, 6) is 1.58. The highest BCUT2D eigenvalue weighted by Crippen LogP contribution is 2.18. The molecule has 2 atom stereocenters. The third-order valence-electron chi connectivity index (χ3n) is 5.06. The second kappa shape index (κ2) is 9.97. The molecule has 2 heterocycles. The lowest BCUT2D eigenvalue weighted by Crippen LogP contribution is -2.45. The molecule has 2 saturated heterocycles. The largest absolute Gasteiger partial charge is 0.379 e. The molecule has 7 nitrogen and oxygen atoms in total. The van der Waals surface area contributed by atoms with Crippen molar-refractivity contribution in [2.24, 2.45) is 10.9 Å². The second-order valence-corrected chi connectivity index (χ2v) is 7.40. The van der Waals surface area contributed by atoms with E-state index in [0.717, 1.165) is 58.3 Å². The molecule has 1 N–H and O–H groups in total. The van der Waals surface area contributed by atoms with Gasteiger partial charge in [-0.15, -0.1) is 0 Å². The fourth-order valence-corrected chi connectivity index (χ4v) is 3.17. The number of guanidine groups is 1. The number of ether oxygens (including phenoxy) is 1. The van der Waals surface area contributed by atoms with E-state index in [1.807, 2.05) is 0 Å². The minimum Gasteiger partial charge on any atom is -0.379 e. The van der Waals surface area contributed by atoms with Gasteiger partial charge in [0.25, 0.3) is 0 Å². The summed E-state index contributed by atoms with van der Waals surface area (Å²) in [5.41, 5.74) is 0. The Kier molecular flexibility index (Phi) is 7.96. The number of hydrogen-bond acceptors (Lipinski definition) is 4. The van der Waals surface area contributed by atoms with E-state index in [2.05, 4.69) is 34.0 Å². The molecule has 2 aliphatic rings. The number of nitrogens with one attached hydrogen (secondary N) is 1. The van der Waals surface area contributed by atoms with Crippen molar-refractivity contribution >= 4 is 11.9 Å². The van der Waals surface area contributed by atoms with Crippen molar-refractivity contribution in [1.29, 1.82) is 0 Å². The van der Waals surface area contributed by atoms with Gasteiger partial charge in [-0.1, -0.05) is 6.92 Å². The minimum atomic E-state index is 0.0347. The molecule has 0 aromatic carbocycles. The average Bonchev–Trinajstić information content (AvgIpc) is 3.07. The van der Waals surface area contributed by atoms with Crippen molar-refractivity contribution in [3.05, 3.63) is 0 Å². The zero-order valence-electron chi connectivity index (χ0n) is 16.3. The van der Waals surface area contributed by atoms with Crippen LogP contribution in [0.5, 0.6) is 0 Å². The van der Waals surface area contributed by atoms with Crippen LogP contribution in [0.25, 0.3) is 0 Å². The first-order valence-electron chi connectivity index (χ1n) is 9.55. The van der Waals surface area contributed by atoms with Crippen molar-refractivity contribution in [3.8, 4) is 0 Å². The molecular weight excluding hydrogens is 318 g/mol. The molecule has 0 bridgehead atoms. The summed E-state index contributed by atoms with van der Waals surface area (Å²) in [5, 5.41) is 3.50. The predicted octanol–water partition coefficient (Wildman–Crippen LogP) is 0.473. The van der Waals surface area contributed by atoms with E-state index in [1.165, 1.54) is 6.42 Å². The number of nitrogens with zero attached hydrogens (tertiary/aromatic N) is 4. The van der Waals surface area contributed by atoms with E-state index in [0.29, 0.717) is 12.0 Å². The average molecular weight is 354 g/mol. The lowest BCUT2D eigenvalue weighted by Gasteiger charge is -2.29. The van der Waals surface area contributed by atoms with Gasteiger partial charge in [0, 0.05) is 52.9 Å². The van der Waals surface area contributed by atoms with Gasteiger partial charge in [-0.25, -0.2) is 4.99 Å². The predicted molar refractivity (Wildman–Crippen MR) is 101 cm³/mol. The fourth-order valence-electron chi connectivity index (χ4n) is 3.17. The SMILES string of the molecule is CCC(C)NC(=NCC(=O)N(C)C)N1CCC(CN2CCOCC2)C1. The van der Waals surface area contributed by atoms with Crippen molar-refractivity contribution < 1.29 is 9.53 Å². The number of rotatable bonds is 6. The highest BCUT2D eigenvalue weighted by atomic mass is 16.5. The third-order valence-corrected chi connectivity index (χ3v) is 5.06. The molecule has 144 valence electrons. The Labute approximate surface area is 152 Å². The number of hydrogen-bond donors (Lipinski definition) is 1. The summed E-state index contributed by atoms with van der Waals surface area (Å²) in [6, 6.07) is 0.353. The van der Waals surface area contributed by atoms with Crippen LogP contribution in [0.4, 0.5) is 0 Å². The van der Waals surface area contributed by atoms with Gasteiger partial charge in [-0.05, 0) is 25.7 Å². The molecule has 0 aromatic heterocycles. The minimum absolute atomic E-state index is 0.0347. The second-order valence-electron chi connectivity index (χ2n) is 7.40. The number of likely N-dealkylation sites (N-methyl/N-ethyl adjacent to an activating group) is 1. The van der Waals surface area contributed by atoms with Crippen LogP contribution in [0.3, 0.4) is 0 Å². The highest BCUT2D eigenvalue weighted by molar-refractivity contribution is 5.85. The number of carbonyl (C=O) groups excluding carboxylic acids is 1. The fraction of sp³-hybridized carbons (Fsp3) is 0.889. The molecule has 0 aromatic rings. The summed E-state index contributed by atoms with van der Waals surface area (Å²) >= 11 is 0. The number of likely N-dealkylation sites (tertiary alicyclic amines) is 1.